The van der Waals surface area contributed by atoms with E-state index in [1.54, 1.807) is 16.9 Å². The molecule has 1 fully saturated rings. The van der Waals surface area contributed by atoms with E-state index in [4.69, 9.17) is 4.84 Å². The highest BCUT2D eigenvalue weighted by Gasteiger charge is 2.37. The molecule has 9 heteroatoms. The number of carbonyl (C=O) groups excluding carboxylic acids is 1. The van der Waals surface area contributed by atoms with Crippen molar-refractivity contribution >= 4 is 15.9 Å². The van der Waals surface area contributed by atoms with E-state index in [9.17, 15) is 13.2 Å². The molecule has 1 saturated heterocycles. The Kier molecular flexibility index (Phi) is 3.27. The molecular weight excluding hydrogens is 284 g/mol. The van der Waals surface area contributed by atoms with Gasteiger partial charge in [-0.1, -0.05) is 0 Å². The number of hydroxylamine groups is 2. The molecule has 1 aromatic rings. The first kappa shape index (κ1) is 13.5. The molecule has 1 aromatic heterocycles. The van der Waals surface area contributed by atoms with E-state index in [0.717, 1.165) is 12.7 Å². The third-order valence-corrected chi connectivity index (χ3v) is 4.73. The van der Waals surface area contributed by atoms with Crippen LogP contribution in [0.5, 0.6) is 0 Å². The van der Waals surface area contributed by atoms with Gasteiger partial charge < -0.3 is 0 Å². The van der Waals surface area contributed by atoms with Gasteiger partial charge in [-0.2, -0.15) is 9.40 Å². The number of rotatable bonds is 2. The first-order valence-corrected chi connectivity index (χ1v) is 8.23. The van der Waals surface area contributed by atoms with E-state index >= 15 is 0 Å². The highest BCUT2D eigenvalue weighted by Crippen LogP contribution is 2.25. The fourth-order valence-corrected chi connectivity index (χ4v) is 3.26. The summed E-state index contributed by atoms with van der Waals surface area (Å²) in [6.45, 7) is 1.38. The summed E-state index contributed by atoms with van der Waals surface area (Å²) in [4.78, 5) is 17.7. The quantitative estimate of drug-likeness (QED) is 0.725. The number of hydrogen-bond donors (Lipinski definition) is 0. The highest BCUT2D eigenvalue weighted by molar-refractivity contribution is 7.88. The van der Waals surface area contributed by atoms with Crippen LogP contribution < -0.4 is 0 Å². The van der Waals surface area contributed by atoms with Gasteiger partial charge in [0, 0.05) is 12.7 Å². The second kappa shape index (κ2) is 4.83. The molecule has 0 bridgehead atoms. The number of fused-ring (bicyclic) bond motifs is 1. The largest absolute Gasteiger partial charge is 0.272 e. The maximum absolute atomic E-state index is 12.5. The SMILES string of the molecule is CS(=O)(=O)N1Cc2ccnn2[C@H](C(=O)N2CCCO2)C1. The van der Waals surface area contributed by atoms with Crippen molar-refractivity contribution in [1.29, 1.82) is 0 Å². The average molecular weight is 300 g/mol. The summed E-state index contributed by atoms with van der Waals surface area (Å²) < 4.78 is 26.4. The minimum Gasteiger partial charge on any atom is -0.271 e. The lowest BCUT2D eigenvalue weighted by molar-refractivity contribution is -0.173. The third kappa shape index (κ3) is 2.32. The van der Waals surface area contributed by atoms with Gasteiger partial charge in [0.05, 0.1) is 31.6 Å². The van der Waals surface area contributed by atoms with Crippen LogP contribution in [0.15, 0.2) is 12.3 Å². The molecule has 0 N–H and O–H groups in total. The minimum atomic E-state index is -3.36. The van der Waals surface area contributed by atoms with Crippen molar-refractivity contribution in [1.82, 2.24) is 19.1 Å². The number of amides is 1. The van der Waals surface area contributed by atoms with Crippen molar-refractivity contribution in [2.45, 2.75) is 19.0 Å². The van der Waals surface area contributed by atoms with E-state index in [0.29, 0.717) is 18.8 Å². The Morgan fingerprint density at radius 2 is 2.30 bits per heavy atom. The second-order valence-electron chi connectivity index (χ2n) is 4.97. The van der Waals surface area contributed by atoms with Crippen LogP contribution in [0.1, 0.15) is 18.2 Å². The van der Waals surface area contributed by atoms with Gasteiger partial charge in [-0.05, 0) is 12.5 Å². The lowest BCUT2D eigenvalue weighted by Crippen LogP contribution is -2.47. The van der Waals surface area contributed by atoms with Crippen LogP contribution in [-0.2, 0) is 26.2 Å². The summed E-state index contributed by atoms with van der Waals surface area (Å²) in [5.41, 5.74) is 0.708. The van der Waals surface area contributed by atoms with Gasteiger partial charge in [0.25, 0.3) is 5.91 Å². The monoisotopic (exact) mass is 300 g/mol. The fraction of sp³-hybridized carbons (Fsp3) is 0.636. The zero-order chi connectivity index (χ0) is 14.3. The molecule has 110 valence electrons. The Morgan fingerprint density at radius 1 is 1.50 bits per heavy atom. The Labute approximate surface area is 116 Å². The van der Waals surface area contributed by atoms with Crippen molar-refractivity contribution < 1.29 is 18.0 Å². The van der Waals surface area contributed by atoms with Crippen LogP contribution in [0.4, 0.5) is 0 Å². The van der Waals surface area contributed by atoms with Gasteiger partial charge in [-0.3, -0.25) is 14.3 Å². The number of sulfonamides is 1. The van der Waals surface area contributed by atoms with Crippen molar-refractivity contribution in [2.75, 3.05) is 26.0 Å². The summed E-state index contributed by atoms with van der Waals surface area (Å²) in [5.74, 6) is -0.249. The minimum absolute atomic E-state index is 0.0895. The molecule has 8 nitrogen and oxygen atoms in total. The van der Waals surface area contributed by atoms with Crippen molar-refractivity contribution in [3.05, 3.63) is 18.0 Å². The molecule has 2 aliphatic rings. The lowest BCUT2D eigenvalue weighted by atomic mass is 10.2. The van der Waals surface area contributed by atoms with Crippen LogP contribution in [0, 0.1) is 0 Å². The van der Waals surface area contributed by atoms with Gasteiger partial charge >= 0.3 is 0 Å². The summed E-state index contributed by atoms with van der Waals surface area (Å²) in [5, 5.41) is 5.45. The molecule has 1 amide bonds. The van der Waals surface area contributed by atoms with Crippen molar-refractivity contribution in [3.8, 4) is 0 Å². The molecule has 0 saturated carbocycles. The van der Waals surface area contributed by atoms with Gasteiger partial charge in [-0.15, -0.1) is 0 Å². The smallest absolute Gasteiger partial charge is 0.271 e. The van der Waals surface area contributed by atoms with Crippen molar-refractivity contribution in [2.24, 2.45) is 0 Å². The van der Waals surface area contributed by atoms with Gasteiger partial charge in [-0.25, -0.2) is 13.5 Å². The summed E-state index contributed by atoms with van der Waals surface area (Å²) in [6.07, 6.45) is 3.51. The molecule has 0 aliphatic carbocycles. The first-order chi connectivity index (χ1) is 9.47. The van der Waals surface area contributed by atoms with E-state index < -0.39 is 16.1 Å². The molecule has 1 atom stereocenters. The second-order valence-corrected chi connectivity index (χ2v) is 6.95. The number of nitrogens with zero attached hydrogens (tertiary/aromatic N) is 4. The van der Waals surface area contributed by atoms with E-state index in [-0.39, 0.29) is 19.0 Å². The molecule has 3 rings (SSSR count). The molecule has 0 aromatic carbocycles. The molecular formula is C11H16N4O4S. The molecule has 3 heterocycles. The van der Waals surface area contributed by atoms with Gasteiger partial charge in [0.15, 0.2) is 0 Å². The maximum atomic E-state index is 12.5. The summed E-state index contributed by atoms with van der Waals surface area (Å²) >= 11 is 0. The Balaban J connectivity index is 1.91. The van der Waals surface area contributed by atoms with Crippen LogP contribution in [0.3, 0.4) is 0 Å². The van der Waals surface area contributed by atoms with E-state index in [2.05, 4.69) is 5.10 Å². The number of aromatic nitrogens is 2. The van der Waals surface area contributed by atoms with Crippen LogP contribution in [0.25, 0.3) is 0 Å². The normalized spacial score (nSPS) is 23.9. The van der Waals surface area contributed by atoms with Crippen molar-refractivity contribution in [3.63, 3.8) is 0 Å². The summed E-state index contributed by atoms with van der Waals surface area (Å²) in [6, 6.07) is 1.06. The zero-order valence-corrected chi connectivity index (χ0v) is 11.9. The molecule has 0 radical (unpaired) electrons. The first-order valence-electron chi connectivity index (χ1n) is 6.38. The predicted octanol–water partition coefficient (Wildman–Crippen LogP) is -0.637. The van der Waals surface area contributed by atoms with E-state index in [1.165, 1.54) is 9.37 Å². The molecule has 0 spiro atoms. The average Bonchev–Trinajstić information content (AvgIpc) is 3.06. The van der Waals surface area contributed by atoms with Crippen LogP contribution in [-0.4, -0.2) is 59.4 Å². The van der Waals surface area contributed by atoms with Crippen LogP contribution in [0.2, 0.25) is 0 Å². The highest BCUT2D eigenvalue weighted by atomic mass is 32.2. The predicted molar refractivity (Wildman–Crippen MR) is 68.8 cm³/mol. The molecule has 2 aliphatic heterocycles. The Bertz CT molecular complexity index is 620. The topological polar surface area (TPSA) is 84.7 Å². The summed E-state index contributed by atoms with van der Waals surface area (Å²) in [7, 11) is -3.36. The fourth-order valence-electron chi connectivity index (χ4n) is 2.49. The number of carbonyl (C=O) groups is 1. The standard InChI is InChI=1S/C11H16N4O4S/c1-20(17,18)13-7-9-3-4-12-15(9)10(8-13)11(16)14-5-2-6-19-14/h3-4,10H,2,5-8H2,1H3/t10-/m0/s1. The van der Waals surface area contributed by atoms with E-state index in [1.807, 2.05) is 0 Å². The number of hydrogen-bond acceptors (Lipinski definition) is 5. The van der Waals surface area contributed by atoms with Crippen LogP contribution >= 0.6 is 0 Å². The zero-order valence-electron chi connectivity index (χ0n) is 11.1. The lowest BCUT2D eigenvalue weighted by Gasteiger charge is -2.32. The Hall–Kier alpha value is -1.45. The molecule has 0 unspecified atom stereocenters. The van der Waals surface area contributed by atoms with Gasteiger partial charge in [0.1, 0.15) is 6.04 Å². The molecule has 20 heavy (non-hydrogen) atoms. The Morgan fingerprint density at radius 3 is 2.95 bits per heavy atom. The maximum Gasteiger partial charge on any atom is 0.272 e. The van der Waals surface area contributed by atoms with Gasteiger partial charge in [0.2, 0.25) is 10.0 Å². The third-order valence-electron chi connectivity index (χ3n) is 3.51.